The Balaban J connectivity index is 1.71. The smallest absolute Gasteiger partial charge is 0.338 e. The molecule has 1 aromatic heterocycles. The van der Waals surface area contributed by atoms with Gasteiger partial charge in [-0.25, -0.2) is 9.78 Å². The highest BCUT2D eigenvalue weighted by Crippen LogP contribution is 2.32. The van der Waals surface area contributed by atoms with E-state index < -0.39 is 0 Å². The molecule has 1 aliphatic rings. The maximum Gasteiger partial charge on any atom is 0.338 e. The lowest BCUT2D eigenvalue weighted by atomic mass is 10.1. The Labute approximate surface area is 191 Å². The van der Waals surface area contributed by atoms with Crippen LogP contribution in [0.5, 0.6) is 5.75 Å². The lowest BCUT2D eigenvalue weighted by Gasteiger charge is -2.26. The van der Waals surface area contributed by atoms with Gasteiger partial charge in [-0.2, -0.15) is 11.8 Å². The number of aromatic nitrogens is 1. The van der Waals surface area contributed by atoms with Gasteiger partial charge in [-0.3, -0.25) is 4.79 Å². The third-order valence-electron chi connectivity index (χ3n) is 5.21. The van der Waals surface area contributed by atoms with Crippen molar-refractivity contribution in [3.8, 4) is 5.75 Å². The molecule has 166 valence electrons. The molecule has 7 nitrogen and oxygen atoms in total. The number of carbonyl (C=O) groups is 2. The number of pyridine rings is 1. The summed E-state index contributed by atoms with van der Waals surface area (Å²) in [4.78, 5) is 31.6. The van der Waals surface area contributed by atoms with E-state index in [0.29, 0.717) is 42.2 Å². The summed E-state index contributed by atoms with van der Waals surface area (Å²) in [5.74, 6) is 2.03. The van der Waals surface area contributed by atoms with Crippen LogP contribution < -0.4 is 10.1 Å². The zero-order valence-corrected chi connectivity index (χ0v) is 18.9. The lowest BCUT2D eigenvalue weighted by molar-refractivity contribution is 0.0526. The molecule has 0 atom stereocenters. The first-order valence-corrected chi connectivity index (χ1v) is 11.6. The van der Waals surface area contributed by atoms with Crippen LogP contribution in [-0.2, 0) is 4.74 Å². The molecule has 0 bridgehead atoms. The number of methoxy groups -OCH3 is 1. The van der Waals surface area contributed by atoms with Crippen molar-refractivity contribution in [3.63, 3.8) is 0 Å². The number of nitrogens with one attached hydrogen (secondary N) is 1. The fourth-order valence-corrected chi connectivity index (χ4v) is 4.49. The van der Waals surface area contributed by atoms with Crippen molar-refractivity contribution in [1.82, 2.24) is 9.88 Å². The number of thioether (sulfide) groups is 1. The van der Waals surface area contributed by atoms with Crippen LogP contribution in [-0.4, -0.2) is 60.1 Å². The maximum absolute atomic E-state index is 13.2. The average Bonchev–Trinajstić information content (AvgIpc) is 2.84. The maximum atomic E-state index is 13.2. The second-order valence-corrected chi connectivity index (χ2v) is 8.46. The molecule has 1 saturated heterocycles. The van der Waals surface area contributed by atoms with E-state index in [1.54, 1.807) is 32.2 Å². The van der Waals surface area contributed by atoms with Crippen LogP contribution >= 0.6 is 11.8 Å². The zero-order chi connectivity index (χ0) is 22.5. The Morgan fingerprint density at radius 2 is 1.88 bits per heavy atom. The van der Waals surface area contributed by atoms with E-state index in [1.807, 2.05) is 47.0 Å². The van der Waals surface area contributed by atoms with E-state index in [4.69, 9.17) is 9.47 Å². The molecule has 1 amide bonds. The van der Waals surface area contributed by atoms with Crippen LogP contribution in [0.3, 0.4) is 0 Å². The van der Waals surface area contributed by atoms with Crippen molar-refractivity contribution < 1.29 is 19.1 Å². The van der Waals surface area contributed by atoms with Crippen molar-refractivity contribution in [2.45, 2.75) is 6.92 Å². The predicted octanol–water partition coefficient (Wildman–Crippen LogP) is 4.35. The topological polar surface area (TPSA) is 80.8 Å². The second kappa shape index (κ2) is 9.91. The van der Waals surface area contributed by atoms with Crippen LogP contribution in [0.2, 0.25) is 0 Å². The molecule has 1 N–H and O–H groups in total. The zero-order valence-electron chi connectivity index (χ0n) is 18.1. The summed E-state index contributed by atoms with van der Waals surface area (Å²) in [5.41, 5.74) is 3.00. The van der Waals surface area contributed by atoms with Crippen LogP contribution in [0.1, 0.15) is 27.8 Å². The Kier molecular flexibility index (Phi) is 6.80. The first-order valence-electron chi connectivity index (χ1n) is 10.5. The van der Waals surface area contributed by atoms with Crippen molar-refractivity contribution >= 4 is 45.9 Å². The van der Waals surface area contributed by atoms with Crippen LogP contribution in [0.4, 0.5) is 11.4 Å². The summed E-state index contributed by atoms with van der Waals surface area (Å²) in [5, 5.41) is 4.21. The molecule has 0 spiro atoms. The van der Waals surface area contributed by atoms with Gasteiger partial charge in [-0.05, 0) is 43.3 Å². The van der Waals surface area contributed by atoms with E-state index in [2.05, 4.69) is 10.3 Å². The average molecular weight is 452 g/mol. The lowest BCUT2D eigenvalue weighted by Crippen LogP contribution is -2.38. The minimum absolute atomic E-state index is 0.0844. The van der Waals surface area contributed by atoms with E-state index >= 15 is 0 Å². The van der Waals surface area contributed by atoms with Crippen molar-refractivity contribution in [1.29, 1.82) is 0 Å². The van der Waals surface area contributed by atoms with Gasteiger partial charge in [0.15, 0.2) is 0 Å². The highest BCUT2D eigenvalue weighted by molar-refractivity contribution is 7.99. The summed E-state index contributed by atoms with van der Waals surface area (Å²) in [6.07, 6.45) is 0. The van der Waals surface area contributed by atoms with Crippen LogP contribution in [0.15, 0.2) is 48.5 Å². The van der Waals surface area contributed by atoms with Crippen LogP contribution in [0.25, 0.3) is 10.9 Å². The summed E-state index contributed by atoms with van der Waals surface area (Å²) < 4.78 is 10.6. The van der Waals surface area contributed by atoms with Gasteiger partial charge < -0.3 is 19.7 Å². The van der Waals surface area contributed by atoms with Gasteiger partial charge >= 0.3 is 5.97 Å². The SMILES string of the molecule is CCOC(=O)c1ccc(Nc2cc(C(=O)N3CCSCC3)nc3c(OC)cccc23)cc1. The molecule has 0 saturated carbocycles. The Morgan fingerprint density at radius 3 is 2.56 bits per heavy atom. The number of hydrogen-bond acceptors (Lipinski definition) is 7. The minimum atomic E-state index is -0.356. The van der Waals surface area contributed by atoms with E-state index in [0.717, 1.165) is 28.3 Å². The van der Waals surface area contributed by atoms with E-state index in [9.17, 15) is 9.59 Å². The van der Waals surface area contributed by atoms with Crippen molar-refractivity contribution in [2.75, 3.05) is 43.6 Å². The Hall–Kier alpha value is -3.26. The number of esters is 1. The van der Waals surface area contributed by atoms with Gasteiger partial charge in [0, 0.05) is 35.7 Å². The quantitative estimate of drug-likeness (QED) is 0.558. The van der Waals surface area contributed by atoms with Gasteiger partial charge in [0.2, 0.25) is 0 Å². The Bertz CT molecular complexity index is 1130. The minimum Gasteiger partial charge on any atom is -0.494 e. The van der Waals surface area contributed by atoms with E-state index in [1.165, 1.54) is 0 Å². The molecule has 0 aliphatic carbocycles. The number of nitrogens with zero attached hydrogens (tertiary/aromatic N) is 2. The number of anilines is 2. The van der Waals surface area contributed by atoms with Crippen molar-refractivity contribution in [3.05, 3.63) is 59.8 Å². The normalized spacial score (nSPS) is 13.6. The first kappa shape index (κ1) is 22.0. The molecule has 2 heterocycles. The highest BCUT2D eigenvalue weighted by Gasteiger charge is 2.22. The summed E-state index contributed by atoms with van der Waals surface area (Å²) >= 11 is 1.85. The number of para-hydroxylation sites is 1. The predicted molar refractivity (Wildman–Crippen MR) is 127 cm³/mol. The number of fused-ring (bicyclic) bond motifs is 1. The molecular weight excluding hydrogens is 426 g/mol. The molecular formula is C24H25N3O4S. The van der Waals surface area contributed by atoms with Gasteiger partial charge in [0.1, 0.15) is 17.0 Å². The number of amides is 1. The summed E-state index contributed by atoms with van der Waals surface area (Å²) in [7, 11) is 1.59. The third-order valence-corrected chi connectivity index (χ3v) is 6.16. The molecule has 4 rings (SSSR count). The first-order chi connectivity index (χ1) is 15.6. The number of rotatable bonds is 6. The van der Waals surface area contributed by atoms with E-state index in [-0.39, 0.29) is 11.9 Å². The third kappa shape index (κ3) is 4.65. The second-order valence-electron chi connectivity index (χ2n) is 7.24. The molecule has 2 aromatic carbocycles. The highest BCUT2D eigenvalue weighted by atomic mass is 32.2. The molecule has 1 aliphatic heterocycles. The van der Waals surface area contributed by atoms with Crippen molar-refractivity contribution in [2.24, 2.45) is 0 Å². The number of hydrogen-bond donors (Lipinski definition) is 1. The number of benzene rings is 2. The van der Waals surface area contributed by atoms with Gasteiger partial charge in [-0.1, -0.05) is 12.1 Å². The van der Waals surface area contributed by atoms with Gasteiger partial charge in [-0.15, -0.1) is 0 Å². The standard InChI is InChI=1S/C24H25N3O4S/c1-3-31-24(29)16-7-9-17(10-8-16)25-19-15-20(23(28)27-11-13-32-14-12-27)26-22-18(19)5-4-6-21(22)30-2/h4-10,15H,3,11-14H2,1-2H3,(H,25,26). The fraction of sp³-hybridized carbons (Fsp3) is 0.292. The summed E-state index contributed by atoms with van der Waals surface area (Å²) in [6.45, 7) is 3.54. The number of ether oxygens (including phenoxy) is 2. The fourth-order valence-electron chi connectivity index (χ4n) is 3.59. The van der Waals surface area contributed by atoms with Gasteiger partial charge in [0.25, 0.3) is 5.91 Å². The Morgan fingerprint density at radius 1 is 1.12 bits per heavy atom. The number of carbonyl (C=O) groups excluding carboxylic acids is 2. The molecule has 8 heteroatoms. The van der Waals surface area contributed by atoms with Gasteiger partial charge in [0.05, 0.1) is 25.0 Å². The molecule has 3 aromatic rings. The molecule has 0 radical (unpaired) electrons. The summed E-state index contributed by atoms with van der Waals surface area (Å²) in [6, 6.07) is 14.5. The largest absolute Gasteiger partial charge is 0.494 e. The molecule has 32 heavy (non-hydrogen) atoms. The monoisotopic (exact) mass is 451 g/mol. The molecule has 1 fully saturated rings. The molecule has 0 unspecified atom stereocenters. The van der Waals surface area contributed by atoms with Crippen LogP contribution in [0, 0.1) is 0 Å².